The lowest BCUT2D eigenvalue weighted by molar-refractivity contribution is 0.721. The maximum atomic E-state index is 4.16. The maximum absolute atomic E-state index is 4.16. The van der Waals surface area contributed by atoms with E-state index in [4.69, 9.17) is 0 Å². The average Bonchev–Trinajstić information content (AvgIpc) is 2.89. The van der Waals surface area contributed by atoms with Gasteiger partial charge >= 0.3 is 0 Å². The molecule has 20 heavy (non-hydrogen) atoms. The van der Waals surface area contributed by atoms with Crippen LogP contribution in [-0.4, -0.2) is 16.6 Å². The summed E-state index contributed by atoms with van der Waals surface area (Å²) in [5.74, 6) is 0. The molecule has 102 valence electrons. The fourth-order valence-electron chi connectivity index (χ4n) is 2.55. The van der Waals surface area contributed by atoms with Gasteiger partial charge in [0.1, 0.15) is 0 Å². The Morgan fingerprint density at radius 3 is 2.90 bits per heavy atom. The van der Waals surface area contributed by atoms with E-state index in [9.17, 15) is 0 Å². The van der Waals surface area contributed by atoms with E-state index in [2.05, 4.69) is 51.4 Å². The van der Waals surface area contributed by atoms with Gasteiger partial charge in [-0.2, -0.15) is 0 Å². The number of pyridine rings is 1. The molecule has 0 fully saturated rings. The first-order valence-electron chi connectivity index (χ1n) is 6.98. The van der Waals surface area contributed by atoms with Gasteiger partial charge in [-0.3, -0.25) is 4.98 Å². The number of aromatic nitrogens is 2. The van der Waals surface area contributed by atoms with Crippen LogP contribution in [0.15, 0.2) is 55.0 Å². The van der Waals surface area contributed by atoms with E-state index in [-0.39, 0.29) is 0 Å². The predicted octanol–water partition coefficient (Wildman–Crippen LogP) is 3.00. The average molecular weight is 265 g/mol. The molecule has 0 amide bonds. The van der Waals surface area contributed by atoms with E-state index in [1.807, 2.05) is 25.5 Å². The quantitative estimate of drug-likeness (QED) is 0.768. The summed E-state index contributed by atoms with van der Waals surface area (Å²) in [5, 5.41) is 4.50. The number of hydrogen-bond acceptors (Lipinski definition) is 2. The van der Waals surface area contributed by atoms with E-state index in [1.165, 1.54) is 22.0 Å². The summed E-state index contributed by atoms with van der Waals surface area (Å²) in [6.45, 7) is 1.90. The van der Waals surface area contributed by atoms with Crippen molar-refractivity contribution in [1.29, 1.82) is 0 Å². The zero-order valence-corrected chi connectivity index (χ0v) is 11.7. The largest absolute Gasteiger partial charge is 0.347 e. The minimum absolute atomic E-state index is 0.913. The Labute approximate surface area is 119 Å². The summed E-state index contributed by atoms with van der Waals surface area (Å²) in [6, 6.07) is 13.0. The van der Waals surface area contributed by atoms with Crippen LogP contribution < -0.4 is 5.32 Å². The molecule has 2 heterocycles. The summed E-state index contributed by atoms with van der Waals surface area (Å²) in [4.78, 5) is 4.16. The third-order valence-corrected chi connectivity index (χ3v) is 3.58. The molecule has 0 saturated carbocycles. The van der Waals surface area contributed by atoms with Crippen molar-refractivity contribution in [2.75, 3.05) is 7.05 Å². The standard InChI is InChI=1S/C17H19N3/c1-18-12-15-4-5-17-16(11-15)7-10-20(17)9-6-14-3-2-8-19-13-14/h2-5,7-8,10-11,13,18H,6,9,12H2,1H3. The molecule has 1 N–H and O–H groups in total. The van der Waals surface area contributed by atoms with E-state index in [0.29, 0.717) is 0 Å². The van der Waals surface area contributed by atoms with Gasteiger partial charge in [0.25, 0.3) is 0 Å². The van der Waals surface area contributed by atoms with E-state index in [0.717, 1.165) is 19.5 Å². The van der Waals surface area contributed by atoms with Crippen molar-refractivity contribution in [3.05, 3.63) is 66.1 Å². The lowest BCUT2D eigenvalue weighted by Gasteiger charge is -2.06. The van der Waals surface area contributed by atoms with Crippen LogP contribution in [0, 0.1) is 0 Å². The second-order valence-corrected chi connectivity index (χ2v) is 5.04. The molecule has 0 aliphatic heterocycles. The van der Waals surface area contributed by atoms with Crippen LogP contribution in [0.1, 0.15) is 11.1 Å². The van der Waals surface area contributed by atoms with Gasteiger partial charge in [0, 0.05) is 37.2 Å². The van der Waals surface area contributed by atoms with Crippen LogP contribution in [0.25, 0.3) is 10.9 Å². The molecular weight excluding hydrogens is 246 g/mol. The van der Waals surface area contributed by atoms with Crippen LogP contribution in [0.2, 0.25) is 0 Å². The monoisotopic (exact) mass is 265 g/mol. The summed E-state index contributed by atoms with van der Waals surface area (Å²) in [6.07, 6.45) is 6.94. The van der Waals surface area contributed by atoms with Gasteiger partial charge in [0.2, 0.25) is 0 Å². The second-order valence-electron chi connectivity index (χ2n) is 5.04. The van der Waals surface area contributed by atoms with Gasteiger partial charge in [0.15, 0.2) is 0 Å². The molecular formula is C17H19N3. The highest BCUT2D eigenvalue weighted by Crippen LogP contribution is 2.18. The topological polar surface area (TPSA) is 29.9 Å². The molecule has 3 nitrogen and oxygen atoms in total. The van der Waals surface area contributed by atoms with Crippen molar-refractivity contribution >= 4 is 10.9 Å². The smallest absolute Gasteiger partial charge is 0.0480 e. The highest BCUT2D eigenvalue weighted by Gasteiger charge is 2.02. The Morgan fingerprint density at radius 1 is 1.15 bits per heavy atom. The lowest BCUT2D eigenvalue weighted by Crippen LogP contribution is -2.04. The van der Waals surface area contributed by atoms with Crippen LogP contribution in [0.3, 0.4) is 0 Å². The molecule has 0 radical (unpaired) electrons. The first-order chi connectivity index (χ1) is 9.86. The van der Waals surface area contributed by atoms with Crippen LogP contribution in [0.4, 0.5) is 0 Å². The molecule has 0 spiro atoms. The SMILES string of the molecule is CNCc1ccc2c(ccn2CCc2cccnc2)c1. The molecule has 0 atom stereocenters. The number of nitrogens with zero attached hydrogens (tertiary/aromatic N) is 2. The van der Waals surface area contributed by atoms with Crippen molar-refractivity contribution in [2.45, 2.75) is 19.5 Å². The molecule has 0 aliphatic carbocycles. The zero-order chi connectivity index (χ0) is 13.8. The molecule has 3 aromatic rings. The Balaban J connectivity index is 1.78. The number of fused-ring (bicyclic) bond motifs is 1. The van der Waals surface area contributed by atoms with Crippen molar-refractivity contribution in [3.63, 3.8) is 0 Å². The van der Waals surface area contributed by atoms with Gasteiger partial charge in [0.05, 0.1) is 0 Å². The number of rotatable bonds is 5. The van der Waals surface area contributed by atoms with Crippen molar-refractivity contribution in [2.24, 2.45) is 0 Å². The minimum atomic E-state index is 0.913. The third kappa shape index (κ3) is 2.73. The highest BCUT2D eigenvalue weighted by molar-refractivity contribution is 5.80. The third-order valence-electron chi connectivity index (χ3n) is 3.58. The summed E-state index contributed by atoms with van der Waals surface area (Å²) in [7, 11) is 1.98. The fraction of sp³-hybridized carbons (Fsp3) is 0.235. The van der Waals surface area contributed by atoms with Gasteiger partial charge in [-0.05, 0) is 54.2 Å². The summed E-state index contributed by atoms with van der Waals surface area (Å²) < 4.78 is 2.31. The normalized spacial score (nSPS) is 11.1. The fourth-order valence-corrected chi connectivity index (χ4v) is 2.55. The molecule has 1 aromatic carbocycles. The highest BCUT2D eigenvalue weighted by atomic mass is 14.9. The molecule has 3 rings (SSSR count). The number of hydrogen-bond donors (Lipinski definition) is 1. The van der Waals surface area contributed by atoms with E-state index in [1.54, 1.807) is 0 Å². The molecule has 0 aliphatic rings. The van der Waals surface area contributed by atoms with E-state index < -0.39 is 0 Å². The van der Waals surface area contributed by atoms with Crippen molar-refractivity contribution < 1.29 is 0 Å². The molecule has 3 heteroatoms. The Morgan fingerprint density at radius 2 is 2.10 bits per heavy atom. The van der Waals surface area contributed by atoms with Gasteiger partial charge < -0.3 is 9.88 Å². The Bertz CT molecular complexity index is 686. The number of benzene rings is 1. The van der Waals surface area contributed by atoms with Gasteiger partial charge in [-0.1, -0.05) is 12.1 Å². The number of nitrogens with one attached hydrogen (secondary N) is 1. The first kappa shape index (κ1) is 12.9. The number of aryl methyl sites for hydroxylation is 2. The molecule has 0 bridgehead atoms. The Kier molecular flexibility index (Phi) is 3.79. The molecule has 0 unspecified atom stereocenters. The summed E-state index contributed by atoms with van der Waals surface area (Å²) in [5.41, 5.74) is 3.90. The predicted molar refractivity (Wildman–Crippen MR) is 82.6 cm³/mol. The van der Waals surface area contributed by atoms with Crippen LogP contribution in [-0.2, 0) is 19.5 Å². The zero-order valence-electron chi connectivity index (χ0n) is 11.7. The van der Waals surface area contributed by atoms with Crippen molar-refractivity contribution in [1.82, 2.24) is 14.9 Å². The van der Waals surface area contributed by atoms with Gasteiger partial charge in [-0.25, -0.2) is 0 Å². The van der Waals surface area contributed by atoms with Crippen LogP contribution in [0.5, 0.6) is 0 Å². The molecule has 0 saturated heterocycles. The van der Waals surface area contributed by atoms with E-state index >= 15 is 0 Å². The van der Waals surface area contributed by atoms with Crippen LogP contribution >= 0.6 is 0 Å². The first-order valence-corrected chi connectivity index (χ1v) is 6.98. The summed E-state index contributed by atoms with van der Waals surface area (Å²) >= 11 is 0. The maximum Gasteiger partial charge on any atom is 0.0480 e. The molecule has 2 aromatic heterocycles. The Hall–Kier alpha value is -2.13. The van der Waals surface area contributed by atoms with Crippen molar-refractivity contribution in [3.8, 4) is 0 Å². The lowest BCUT2D eigenvalue weighted by atomic mass is 10.1. The minimum Gasteiger partial charge on any atom is -0.347 e. The second kappa shape index (κ2) is 5.88. The van der Waals surface area contributed by atoms with Gasteiger partial charge in [-0.15, -0.1) is 0 Å².